The molecule has 0 aliphatic carbocycles. The van der Waals surface area contributed by atoms with E-state index in [9.17, 15) is 0 Å². The van der Waals surface area contributed by atoms with Crippen molar-refractivity contribution in [3.63, 3.8) is 0 Å². The normalized spacial score (nSPS) is 13.1. The molecule has 0 saturated heterocycles. The Morgan fingerprint density at radius 2 is 1.58 bits per heavy atom. The van der Waals surface area contributed by atoms with Gasteiger partial charge in [0, 0.05) is 13.1 Å². The molecule has 0 saturated carbocycles. The van der Waals surface area contributed by atoms with Crippen LogP contribution in [0.5, 0.6) is 5.75 Å². The third-order valence-electron chi connectivity index (χ3n) is 5.97. The molecule has 1 aliphatic rings. The summed E-state index contributed by atoms with van der Waals surface area (Å²) in [6.45, 7) is 10.6. The monoisotopic (exact) mass is 438 g/mol. The van der Waals surface area contributed by atoms with Gasteiger partial charge in [-0.3, -0.25) is 0 Å². The van der Waals surface area contributed by atoms with Gasteiger partial charge in [0.15, 0.2) is 0 Å². The van der Waals surface area contributed by atoms with Crippen molar-refractivity contribution in [3.05, 3.63) is 71.8 Å². The van der Waals surface area contributed by atoms with Crippen LogP contribution < -0.4 is 9.64 Å². The topological polar surface area (TPSA) is 15.7 Å². The molecule has 0 aromatic heterocycles. The van der Waals surface area contributed by atoms with Gasteiger partial charge in [-0.1, -0.05) is 56.3 Å². The van der Waals surface area contributed by atoms with Gasteiger partial charge in [0.25, 0.3) is 0 Å². The Balaban J connectivity index is 0.00000272. The van der Waals surface area contributed by atoms with Gasteiger partial charge in [-0.2, -0.15) is 0 Å². The first-order valence-corrected chi connectivity index (χ1v) is 11.5. The largest absolute Gasteiger partial charge is 0.490 e. The minimum atomic E-state index is 0. The third kappa shape index (κ3) is 5.93. The van der Waals surface area contributed by atoms with Crippen LogP contribution in [0.2, 0.25) is 0 Å². The zero-order valence-corrected chi connectivity index (χ0v) is 19.7. The lowest BCUT2D eigenvalue weighted by Gasteiger charge is -2.32. The van der Waals surface area contributed by atoms with Gasteiger partial charge >= 0.3 is 0 Å². The van der Waals surface area contributed by atoms with Crippen LogP contribution in [0.25, 0.3) is 10.8 Å². The van der Waals surface area contributed by atoms with Gasteiger partial charge in [-0.15, -0.1) is 12.4 Å². The smallest absolute Gasteiger partial charge is 0.142 e. The maximum absolute atomic E-state index is 5.97. The van der Waals surface area contributed by atoms with Gasteiger partial charge in [0.2, 0.25) is 0 Å². The number of hydrogen-bond acceptors (Lipinski definition) is 3. The Morgan fingerprint density at radius 3 is 2.35 bits per heavy atom. The van der Waals surface area contributed by atoms with E-state index < -0.39 is 0 Å². The molecule has 4 rings (SSSR count). The molecular formula is C27H35ClN2O. The molecule has 4 heteroatoms. The highest BCUT2D eigenvalue weighted by atomic mass is 35.5. The van der Waals surface area contributed by atoms with E-state index in [-0.39, 0.29) is 12.4 Å². The van der Waals surface area contributed by atoms with Gasteiger partial charge in [-0.05, 0) is 72.5 Å². The Hall–Kier alpha value is -2.23. The molecule has 0 spiro atoms. The van der Waals surface area contributed by atoms with Crippen LogP contribution in [0.4, 0.5) is 5.69 Å². The van der Waals surface area contributed by atoms with Gasteiger partial charge in [-0.25, -0.2) is 0 Å². The second kappa shape index (κ2) is 11.4. The van der Waals surface area contributed by atoms with E-state index in [1.165, 1.54) is 53.5 Å². The standard InChI is InChI=1S/C27H34N2O.ClH/c1-3-14-28(15-4-2)16-13-22-10-12-27-26(20-22)29(17-18-30-27)21-23-9-11-24-7-5-6-8-25(24)19-23;/h5-12,19-20H,3-4,13-18,21H2,1-2H3;1H. The summed E-state index contributed by atoms with van der Waals surface area (Å²) in [6.07, 6.45) is 3.53. The van der Waals surface area contributed by atoms with E-state index in [1.54, 1.807) is 0 Å². The highest BCUT2D eigenvalue weighted by Gasteiger charge is 2.19. The average Bonchev–Trinajstić information content (AvgIpc) is 2.78. The second-order valence-electron chi connectivity index (χ2n) is 8.35. The lowest BCUT2D eigenvalue weighted by atomic mass is 10.1. The molecule has 0 unspecified atom stereocenters. The number of rotatable bonds is 9. The summed E-state index contributed by atoms with van der Waals surface area (Å²) in [4.78, 5) is 5.06. The molecule has 1 heterocycles. The summed E-state index contributed by atoms with van der Waals surface area (Å²) in [7, 11) is 0. The molecule has 3 aromatic carbocycles. The van der Waals surface area contributed by atoms with Crippen LogP contribution >= 0.6 is 12.4 Å². The highest BCUT2D eigenvalue weighted by molar-refractivity contribution is 5.85. The fraction of sp³-hybridized carbons (Fsp3) is 0.407. The minimum absolute atomic E-state index is 0. The predicted molar refractivity (Wildman–Crippen MR) is 135 cm³/mol. The summed E-state index contributed by atoms with van der Waals surface area (Å²) in [5.74, 6) is 1.02. The van der Waals surface area contributed by atoms with Crippen molar-refractivity contribution in [3.8, 4) is 5.75 Å². The van der Waals surface area contributed by atoms with Crippen molar-refractivity contribution in [1.29, 1.82) is 0 Å². The molecule has 1 aliphatic heterocycles. The van der Waals surface area contributed by atoms with Crippen molar-refractivity contribution in [1.82, 2.24) is 4.90 Å². The fourth-order valence-corrected chi connectivity index (χ4v) is 4.45. The molecule has 166 valence electrons. The molecule has 0 bridgehead atoms. The number of nitrogens with zero attached hydrogens (tertiary/aromatic N) is 2. The number of benzene rings is 3. The maximum atomic E-state index is 5.97. The van der Waals surface area contributed by atoms with E-state index in [1.807, 2.05) is 0 Å². The van der Waals surface area contributed by atoms with Crippen LogP contribution in [0.1, 0.15) is 37.8 Å². The molecule has 0 N–H and O–H groups in total. The van der Waals surface area contributed by atoms with E-state index in [2.05, 4.69) is 84.3 Å². The van der Waals surface area contributed by atoms with Crippen LogP contribution in [0.3, 0.4) is 0 Å². The Kier molecular flexibility index (Phi) is 8.62. The van der Waals surface area contributed by atoms with E-state index in [0.717, 1.165) is 38.4 Å². The lowest BCUT2D eigenvalue weighted by Crippen LogP contribution is -2.32. The van der Waals surface area contributed by atoms with Gasteiger partial charge in [0.1, 0.15) is 12.4 Å². The number of hydrogen-bond donors (Lipinski definition) is 0. The van der Waals surface area contributed by atoms with Crippen LogP contribution in [-0.2, 0) is 13.0 Å². The number of ether oxygens (including phenoxy) is 1. The van der Waals surface area contributed by atoms with E-state index >= 15 is 0 Å². The van der Waals surface area contributed by atoms with E-state index in [0.29, 0.717) is 0 Å². The van der Waals surface area contributed by atoms with Gasteiger partial charge in [0.05, 0.1) is 12.2 Å². The molecular weight excluding hydrogens is 404 g/mol. The molecule has 3 nitrogen and oxygen atoms in total. The lowest BCUT2D eigenvalue weighted by molar-refractivity contribution is 0.278. The van der Waals surface area contributed by atoms with E-state index in [4.69, 9.17) is 4.74 Å². The maximum Gasteiger partial charge on any atom is 0.142 e. The first-order valence-electron chi connectivity index (χ1n) is 11.5. The average molecular weight is 439 g/mol. The molecule has 3 aromatic rings. The fourth-order valence-electron chi connectivity index (χ4n) is 4.45. The Bertz CT molecular complexity index is 968. The molecule has 0 fully saturated rings. The van der Waals surface area contributed by atoms with Crippen LogP contribution in [-0.4, -0.2) is 37.7 Å². The summed E-state index contributed by atoms with van der Waals surface area (Å²) >= 11 is 0. The van der Waals surface area contributed by atoms with Crippen LogP contribution in [0.15, 0.2) is 60.7 Å². The first-order chi connectivity index (χ1) is 14.8. The summed E-state index contributed by atoms with van der Waals surface area (Å²) in [6, 6.07) is 22.2. The van der Waals surface area contributed by atoms with Gasteiger partial charge < -0.3 is 14.5 Å². The van der Waals surface area contributed by atoms with Crippen molar-refractivity contribution in [2.24, 2.45) is 0 Å². The molecule has 0 amide bonds. The van der Waals surface area contributed by atoms with Crippen molar-refractivity contribution in [2.45, 2.75) is 39.7 Å². The van der Waals surface area contributed by atoms with Crippen molar-refractivity contribution >= 4 is 28.9 Å². The highest BCUT2D eigenvalue weighted by Crippen LogP contribution is 2.34. The molecule has 0 radical (unpaired) electrons. The first kappa shape index (κ1) is 23.4. The minimum Gasteiger partial charge on any atom is -0.490 e. The zero-order valence-electron chi connectivity index (χ0n) is 18.8. The Morgan fingerprint density at radius 1 is 0.839 bits per heavy atom. The van der Waals surface area contributed by atoms with Crippen molar-refractivity contribution in [2.75, 3.05) is 37.7 Å². The quantitative estimate of drug-likeness (QED) is 0.388. The summed E-state index contributed by atoms with van der Waals surface area (Å²) in [5, 5.41) is 2.61. The number of fused-ring (bicyclic) bond motifs is 2. The number of halogens is 1. The van der Waals surface area contributed by atoms with Crippen LogP contribution in [0, 0.1) is 0 Å². The third-order valence-corrected chi connectivity index (χ3v) is 5.97. The number of anilines is 1. The predicted octanol–water partition coefficient (Wildman–Crippen LogP) is 6.33. The zero-order chi connectivity index (χ0) is 20.8. The summed E-state index contributed by atoms with van der Waals surface area (Å²) in [5.41, 5.74) is 3.99. The molecule has 31 heavy (non-hydrogen) atoms. The summed E-state index contributed by atoms with van der Waals surface area (Å²) < 4.78 is 5.97. The second-order valence-corrected chi connectivity index (χ2v) is 8.35. The van der Waals surface area contributed by atoms with Crippen molar-refractivity contribution < 1.29 is 4.74 Å². The molecule has 0 atom stereocenters. The Labute approximate surface area is 193 Å². The SMILES string of the molecule is CCCN(CCC)CCc1ccc2c(c1)N(Cc1ccc3ccccc3c1)CCO2.Cl.